The fraction of sp³-hybridized carbons (Fsp3) is 0.286. The van der Waals surface area contributed by atoms with E-state index in [1.54, 1.807) is 0 Å². The van der Waals surface area contributed by atoms with Gasteiger partial charge in [0.1, 0.15) is 0 Å². The highest BCUT2D eigenvalue weighted by atomic mass is 16.7. The number of nitrogens with two attached hydrogens (primary N) is 1. The summed E-state index contributed by atoms with van der Waals surface area (Å²) in [6.07, 6.45) is 3.14. The fourth-order valence-electron chi connectivity index (χ4n) is 1.55. The largest absolute Gasteiger partial charge is 0.478 e. The number of benzene rings is 1. The summed E-state index contributed by atoms with van der Waals surface area (Å²) in [5, 5.41) is 15.6. The molecule has 0 atom stereocenters. The Kier molecular flexibility index (Phi) is 6.76. The molecule has 0 radical (unpaired) electrons. The van der Waals surface area contributed by atoms with Gasteiger partial charge in [-0.05, 0) is 37.1 Å². The summed E-state index contributed by atoms with van der Waals surface area (Å²) in [5.74, 6) is -0.814. The van der Waals surface area contributed by atoms with Gasteiger partial charge in [-0.3, -0.25) is 0 Å². The number of aliphatic carboxylic acids is 2. The number of hydrogen-bond acceptors (Lipinski definition) is 5. The Morgan fingerprint density at radius 3 is 2.33 bits per heavy atom. The van der Waals surface area contributed by atoms with Gasteiger partial charge >= 0.3 is 11.9 Å². The molecule has 1 aliphatic heterocycles. The maximum Gasteiger partial charge on any atom is 0.328 e. The molecule has 1 aromatic rings. The van der Waals surface area contributed by atoms with Gasteiger partial charge in [-0.25, -0.2) is 9.59 Å². The molecule has 0 saturated heterocycles. The Labute approximate surface area is 121 Å². The molecule has 2 rings (SSSR count). The van der Waals surface area contributed by atoms with Crippen molar-refractivity contribution in [1.82, 2.24) is 0 Å². The molecule has 1 aromatic carbocycles. The van der Waals surface area contributed by atoms with Crippen molar-refractivity contribution < 1.29 is 29.3 Å². The van der Waals surface area contributed by atoms with Gasteiger partial charge in [0.25, 0.3) is 0 Å². The zero-order valence-corrected chi connectivity index (χ0v) is 11.3. The average Bonchev–Trinajstić information content (AvgIpc) is 2.91. The first-order valence-electron chi connectivity index (χ1n) is 6.25. The molecule has 0 bridgehead atoms. The minimum Gasteiger partial charge on any atom is -0.478 e. The lowest BCUT2D eigenvalue weighted by Gasteiger charge is -2.01. The van der Waals surface area contributed by atoms with Crippen LogP contribution in [0.25, 0.3) is 0 Å². The SMILES string of the molecule is NCCCc1ccc2c(c1)OCO2.O=C(O)/C=C/C(=O)O. The first-order valence-corrected chi connectivity index (χ1v) is 6.25. The highest BCUT2D eigenvalue weighted by molar-refractivity contribution is 5.89. The third-order valence-electron chi connectivity index (χ3n) is 2.48. The molecule has 114 valence electrons. The summed E-state index contributed by atoms with van der Waals surface area (Å²) < 4.78 is 10.5. The normalized spacial score (nSPS) is 11.9. The van der Waals surface area contributed by atoms with Crippen LogP contribution in [0, 0.1) is 0 Å². The van der Waals surface area contributed by atoms with Gasteiger partial charge in [-0.15, -0.1) is 0 Å². The van der Waals surface area contributed by atoms with Crippen LogP contribution >= 0.6 is 0 Å². The average molecular weight is 295 g/mol. The van der Waals surface area contributed by atoms with Gasteiger partial charge in [0, 0.05) is 12.2 Å². The van der Waals surface area contributed by atoms with E-state index in [1.807, 2.05) is 12.1 Å². The van der Waals surface area contributed by atoms with Crippen LogP contribution in [0.4, 0.5) is 0 Å². The van der Waals surface area contributed by atoms with Gasteiger partial charge in [-0.2, -0.15) is 0 Å². The van der Waals surface area contributed by atoms with E-state index < -0.39 is 11.9 Å². The predicted molar refractivity (Wildman–Crippen MR) is 74.4 cm³/mol. The fourth-order valence-corrected chi connectivity index (χ4v) is 1.55. The Balaban J connectivity index is 0.000000240. The molecule has 1 aliphatic rings. The smallest absolute Gasteiger partial charge is 0.328 e. The topological polar surface area (TPSA) is 119 Å². The lowest BCUT2D eigenvalue weighted by atomic mass is 10.1. The molecule has 0 spiro atoms. The predicted octanol–water partition coefficient (Wildman–Crippen LogP) is 1.02. The maximum absolute atomic E-state index is 9.55. The number of rotatable bonds is 5. The molecule has 7 heteroatoms. The van der Waals surface area contributed by atoms with Crippen molar-refractivity contribution in [3.63, 3.8) is 0 Å². The second kappa shape index (κ2) is 8.60. The molecule has 21 heavy (non-hydrogen) atoms. The minimum atomic E-state index is -1.26. The Hall–Kier alpha value is -2.54. The molecule has 0 saturated carbocycles. The van der Waals surface area contributed by atoms with E-state index >= 15 is 0 Å². The number of carboxylic acid groups (broad SMARTS) is 2. The minimum absolute atomic E-state index is 0.343. The van der Waals surface area contributed by atoms with Crippen LogP contribution in [0.2, 0.25) is 0 Å². The van der Waals surface area contributed by atoms with E-state index in [-0.39, 0.29) is 0 Å². The molecular weight excluding hydrogens is 278 g/mol. The summed E-state index contributed by atoms with van der Waals surface area (Å²) in [6, 6.07) is 6.04. The number of ether oxygens (including phenoxy) is 2. The summed E-state index contributed by atoms with van der Waals surface area (Å²) in [5.41, 5.74) is 6.69. The number of hydrogen-bond donors (Lipinski definition) is 3. The van der Waals surface area contributed by atoms with E-state index in [1.165, 1.54) is 5.56 Å². The number of carboxylic acids is 2. The van der Waals surface area contributed by atoms with Crippen LogP contribution in [-0.4, -0.2) is 35.5 Å². The molecule has 7 nitrogen and oxygen atoms in total. The molecule has 0 amide bonds. The summed E-state index contributed by atoms with van der Waals surface area (Å²) >= 11 is 0. The van der Waals surface area contributed by atoms with Gasteiger partial charge in [0.05, 0.1) is 0 Å². The molecule has 0 fully saturated rings. The summed E-state index contributed by atoms with van der Waals surface area (Å²) in [4.78, 5) is 19.1. The first-order chi connectivity index (χ1) is 10.0. The number of aryl methyl sites for hydroxylation is 1. The van der Waals surface area contributed by atoms with Crippen molar-refractivity contribution in [2.45, 2.75) is 12.8 Å². The Bertz CT molecular complexity index is 510. The Morgan fingerprint density at radius 2 is 1.76 bits per heavy atom. The Morgan fingerprint density at radius 1 is 1.14 bits per heavy atom. The third-order valence-corrected chi connectivity index (χ3v) is 2.48. The van der Waals surface area contributed by atoms with Crippen molar-refractivity contribution in [3.05, 3.63) is 35.9 Å². The molecule has 0 unspecified atom stereocenters. The van der Waals surface area contributed by atoms with Crippen LogP contribution in [0.1, 0.15) is 12.0 Å². The van der Waals surface area contributed by atoms with Crippen LogP contribution in [0.3, 0.4) is 0 Å². The second-order valence-electron chi connectivity index (χ2n) is 4.09. The first kappa shape index (κ1) is 16.5. The van der Waals surface area contributed by atoms with E-state index in [2.05, 4.69) is 6.07 Å². The van der Waals surface area contributed by atoms with Crippen molar-refractivity contribution in [2.75, 3.05) is 13.3 Å². The quantitative estimate of drug-likeness (QED) is 0.694. The van der Waals surface area contributed by atoms with E-state index in [0.717, 1.165) is 30.9 Å². The highest BCUT2D eigenvalue weighted by Gasteiger charge is 2.12. The van der Waals surface area contributed by atoms with Crippen molar-refractivity contribution in [3.8, 4) is 11.5 Å². The molecule has 0 aromatic heterocycles. The van der Waals surface area contributed by atoms with Crippen LogP contribution < -0.4 is 15.2 Å². The van der Waals surface area contributed by atoms with Gasteiger partial charge in [0.15, 0.2) is 11.5 Å². The van der Waals surface area contributed by atoms with Crippen LogP contribution in [0.5, 0.6) is 11.5 Å². The summed E-state index contributed by atoms with van der Waals surface area (Å²) in [7, 11) is 0. The van der Waals surface area contributed by atoms with Gasteiger partial charge < -0.3 is 25.4 Å². The third kappa shape index (κ3) is 6.44. The van der Waals surface area contributed by atoms with Crippen molar-refractivity contribution >= 4 is 11.9 Å². The van der Waals surface area contributed by atoms with E-state index in [9.17, 15) is 9.59 Å². The van der Waals surface area contributed by atoms with Crippen LogP contribution in [-0.2, 0) is 16.0 Å². The zero-order chi connectivity index (χ0) is 15.7. The van der Waals surface area contributed by atoms with Gasteiger partial charge in [0.2, 0.25) is 6.79 Å². The molecule has 4 N–H and O–H groups in total. The molecule has 1 heterocycles. The van der Waals surface area contributed by atoms with Crippen LogP contribution in [0.15, 0.2) is 30.4 Å². The zero-order valence-electron chi connectivity index (χ0n) is 11.3. The number of fused-ring (bicyclic) bond motifs is 1. The molecule has 0 aliphatic carbocycles. The maximum atomic E-state index is 9.55. The lowest BCUT2D eigenvalue weighted by molar-refractivity contribution is -0.134. The monoisotopic (exact) mass is 295 g/mol. The lowest BCUT2D eigenvalue weighted by Crippen LogP contribution is -2.00. The van der Waals surface area contributed by atoms with Gasteiger partial charge in [-0.1, -0.05) is 6.07 Å². The highest BCUT2D eigenvalue weighted by Crippen LogP contribution is 2.32. The van der Waals surface area contributed by atoms with E-state index in [4.69, 9.17) is 25.4 Å². The van der Waals surface area contributed by atoms with Crippen molar-refractivity contribution in [2.24, 2.45) is 5.73 Å². The van der Waals surface area contributed by atoms with E-state index in [0.29, 0.717) is 18.9 Å². The summed E-state index contributed by atoms with van der Waals surface area (Å²) in [6.45, 7) is 1.07. The number of carbonyl (C=O) groups is 2. The standard InChI is InChI=1S/C10H13NO2.C4H4O4/c11-5-1-2-8-3-4-9-10(6-8)13-7-12-9;5-3(6)1-2-4(7)8/h3-4,6H,1-2,5,7,11H2;1-2H,(H,5,6)(H,7,8)/b;2-1+. The molecular formula is C14H17NO6. The second-order valence-corrected chi connectivity index (χ2v) is 4.09. The van der Waals surface area contributed by atoms with Crippen molar-refractivity contribution in [1.29, 1.82) is 0 Å².